The first-order chi connectivity index (χ1) is 8.17. The van der Waals surface area contributed by atoms with E-state index in [1.165, 1.54) is 7.11 Å². The normalized spacial score (nSPS) is 19.2. The maximum absolute atomic E-state index is 11.7. The Bertz CT molecular complexity index is 481. The Morgan fingerprint density at radius 1 is 1.29 bits per heavy atom. The van der Waals surface area contributed by atoms with E-state index in [1.807, 2.05) is 18.2 Å². The Labute approximate surface area is 107 Å². The second kappa shape index (κ2) is 4.79. The zero-order chi connectivity index (χ0) is 12.4. The predicted molar refractivity (Wildman–Crippen MR) is 65.7 cm³/mol. The summed E-state index contributed by atoms with van der Waals surface area (Å²) < 4.78 is 15.3. The number of hydrogen-bond acceptors (Lipinski definition) is 4. The third-order valence-corrected chi connectivity index (χ3v) is 3.05. The van der Waals surface area contributed by atoms with Gasteiger partial charge in [-0.3, -0.25) is 0 Å². The topological polar surface area (TPSA) is 44.8 Å². The molecule has 1 atom stereocenters. The first kappa shape index (κ1) is 12.0. The van der Waals surface area contributed by atoms with E-state index in [0.29, 0.717) is 22.6 Å². The molecule has 1 aromatic rings. The van der Waals surface area contributed by atoms with Gasteiger partial charge >= 0.3 is 5.97 Å². The summed E-state index contributed by atoms with van der Waals surface area (Å²) in [5.41, 5.74) is 1.14. The van der Waals surface area contributed by atoms with Crippen LogP contribution in [0.3, 0.4) is 0 Å². The number of cyclic esters (lactones) is 1. The van der Waals surface area contributed by atoms with E-state index in [1.54, 1.807) is 13.2 Å². The van der Waals surface area contributed by atoms with Crippen LogP contribution in [-0.4, -0.2) is 25.2 Å². The summed E-state index contributed by atoms with van der Waals surface area (Å²) in [6, 6.07) is 7.19. The van der Waals surface area contributed by atoms with Crippen molar-refractivity contribution in [1.29, 1.82) is 0 Å². The van der Waals surface area contributed by atoms with Gasteiger partial charge in [0.25, 0.3) is 0 Å². The maximum atomic E-state index is 11.7. The van der Waals surface area contributed by atoms with Gasteiger partial charge in [0.1, 0.15) is 11.3 Å². The fourth-order valence-corrected chi connectivity index (χ4v) is 2.24. The average Bonchev–Trinajstić information content (AvgIpc) is 2.63. The Hall–Kier alpha value is -1.49. The van der Waals surface area contributed by atoms with Gasteiger partial charge in [-0.2, -0.15) is 0 Å². The number of benzene rings is 1. The van der Waals surface area contributed by atoms with Gasteiger partial charge in [0.2, 0.25) is 5.01 Å². The van der Waals surface area contributed by atoms with Gasteiger partial charge in [-0.1, -0.05) is 12.1 Å². The quantitative estimate of drug-likeness (QED) is 0.635. The summed E-state index contributed by atoms with van der Waals surface area (Å²) in [4.78, 5) is 11.7. The highest BCUT2D eigenvalue weighted by atomic mass is 79.9. The van der Waals surface area contributed by atoms with Gasteiger partial charge in [0, 0.05) is 0 Å². The first-order valence-electron chi connectivity index (χ1n) is 4.95. The van der Waals surface area contributed by atoms with Crippen LogP contribution in [0.1, 0.15) is 5.56 Å². The van der Waals surface area contributed by atoms with Gasteiger partial charge in [-0.05, 0) is 33.6 Å². The van der Waals surface area contributed by atoms with E-state index >= 15 is 0 Å². The zero-order valence-electron chi connectivity index (χ0n) is 9.40. The molecule has 0 aromatic heterocycles. The number of carbonyl (C=O) groups is 1. The Morgan fingerprint density at radius 2 is 2.06 bits per heavy atom. The Kier molecular flexibility index (Phi) is 3.38. The molecule has 0 saturated carbocycles. The van der Waals surface area contributed by atoms with Gasteiger partial charge in [0.15, 0.2) is 5.76 Å². The van der Waals surface area contributed by atoms with Crippen LogP contribution in [0.2, 0.25) is 0 Å². The largest absolute Gasteiger partial charge is 0.497 e. The van der Waals surface area contributed by atoms with Crippen LogP contribution in [-0.2, 0) is 14.3 Å². The number of alkyl halides is 1. The van der Waals surface area contributed by atoms with Crippen molar-refractivity contribution in [2.75, 3.05) is 14.2 Å². The zero-order valence-corrected chi connectivity index (χ0v) is 11.0. The lowest BCUT2D eigenvalue weighted by Crippen LogP contribution is -2.02. The second-order valence-corrected chi connectivity index (χ2v) is 4.23. The number of ether oxygens (including phenoxy) is 3. The molecule has 0 N–H and O–H groups in total. The average molecular weight is 299 g/mol. The fraction of sp³-hybridized carbons (Fsp3) is 0.250. The van der Waals surface area contributed by atoms with E-state index < -0.39 is 11.0 Å². The molecule has 1 aliphatic heterocycles. The summed E-state index contributed by atoms with van der Waals surface area (Å²) in [7, 11) is 3.08. The highest BCUT2D eigenvalue weighted by Crippen LogP contribution is 2.34. The summed E-state index contributed by atoms with van der Waals surface area (Å²) in [5, 5.41) is -0.527. The second-order valence-electron chi connectivity index (χ2n) is 3.40. The lowest BCUT2D eigenvalue weighted by Gasteiger charge is -2.06. The molecule has 2 rings (SSSR count). The molecule has 5 heteroatoms. The minimum atomic E-state index is -0.527. The lowest BCUT2D eigenvalue weighted by atomic mass is 10.1. The molecule has 0 fully saturated rings. The molecule has 90 valence electrons. The van der Waals surface area contributed by atoms with Crippen LogP contribution in [0.15, 0.2) is 30.0 Å². The molecule has 0 radical (unpaired) electrons. The van der Waals surface area contributed by atoms with Crippen molar-refractivity contribution in [3.8, 4) is 5.75 Å². The summed E-state index contributed by atoms with van der Waals surface area (Å²) in [5.74, 6) is 0.747. The minimum absolute atomic E-state index is 0.406. The fourth-order valence-electron chi connectivity index (χ4n) is 1.65. The molecule has 1 heterocycles. The summed E-state index contributed by atoms with van der Waals surface area (Å²) in [6.07, 6.45) is 0. The highest BCUT2D eigenvalue weighted by molar-refractivity contribution is 9.09. The number of halogens is 1. The van der Waals surface area contributed by atoms with Gasteiger partial charge in [-0.25, -0.2) is 4.79 Å². The molecule has 1 aliphatic rings. The standard InChI is InChI=1S/C12H11BrO4/c1-15-8-5-3-4-7(6-8)9-10(16-2)11(13)17-12(9)14/h3-6,11H,1-2H3. The summed E-state index contributed by atoms with van der Waals surface area (Å²) >= 11 is 3.22. The van der Waals surface area contributed by atoms with Crippen molar-refractivity contribution >= 4 is 27.5 Å². The molecule has 0 amide bonds. The SMILES string of the molecule is COC1=C(c2cccc(OC)c2)C(=O)OC1Br. The third kappa shape index (κ3) is 2.15. The number of esters is 1. The Balaban J connectivity index is 2.50. The van der Waals surface area contributed by atoms with Crippen LogP contribution in [0.4, 0.5) is 0 Å². The van der Waals surface area contributed by atoms with E-state index in [-0.39, 0.29) is 0 Å². The number of carbonyl (C=O) groups excluding carboxylic acids is 1. The van der Waals surface area contributed by atoms with Gasteiger partial charge < -0.3 is 14.2 Å². The van der Waals surface area contributed by atoms with E-state index in [9.17, 15) is 4.79 Å². The third-order valence-electron chi connectivity index (χ3n) is 2.45. The molecule has 0 aliphatic carbocycles. The number of rotatable bonds is 3. The Morgan fingerprint density at radius 3 is 2.71 bits per heavy atom. The number of methoxy groups -OCH3 is 2. The molecule has 0 spiro atoms. The van der Waals surface area contributed by atoms with Crippen molar-refractivity contribution < 1.29 is 19.0 Å². The van der Waals surface area contributed by atoms with Gasteiger partial charge in [-0.15, -0.1) is 0 Å². The van der Waals surface area contributed by atoms with Crippen LogP contribution in [0, 0.1) is 0 Å². The van der Waals surface area contributed by atoms with Crippen LogP contribution < -0.4 is 4.74 Å². The predicted octanol–water partition coefficient (Wildman–Crippen LogP) is 2.33. The smallest absolute Gasteiger partial charge is 0.343 e. The van der Waals surface area contributed by atoms with Crippen LogP contribution in [0.25, 0.3) is 5.57 Å². The highest BCUT2D eigenvalue weighted by Gasteiger charge is 2.34. The molecular formula is C12H11BrO4. The van der Waals surface area contributed by atoms with E-state index in [2.05, 4.69) is 15.9 Å². The van der Waals surface area contributed by atoms with Crippen molar-refractivity contribution in [3.05, 3.63) is 35.6 Å². The van der Waals surface area contributed by atoms with Crippen molar-refractivity contribution in [2.45, 2.75) is 5.01 Å². The molecule has 1 unspecified atom stereocenters. The molecular weight excluding hydrogens is 288 g/mol. The monoisotopic (exact) mass is 298 g/mol. The van der Waals surface area contributed by atoms with E-state index in [4.69, 9.17) is 14.2 Å². The van der Waals surface area contributed by atoms with Crippen LogP contribution in [0.5, 0.6) is 5.75 Å². The molecule has 17 heavy (non-hydrogen) atoms. The first-order valence-corrected chi connectivity index (χ1v) is 5.86. The summed E-state index contributed by atoms with van der Waals surface area (Å²) in [6.45, 7) is 0. The molecule has 0 saturated heterocycles. The van der Waals surface area contributed by atoms with Crippen molar-refractivity contribution in [1.82, 2.24) is 0 Å². The molecule has 0 bridgehead atoms. The molecule has 4 nitrogen and oxygen atoms in total. The molecule has 1 aromatic carbocycles. The van der Waals surface area contributed by atoms with Crippen LogP contribution >= 0.6 is 15.9 Å². The lowest BCUT2D eigenvalue weighted by molar-refractivity contribution is -0.135. The minimum Gasteiger partial charge on any atom is -0.497 e. The van der Waals surface area contributed by atoms with E-state index in [0.717, 1.165) is 0 Å². The maximum Gasteiger partial charge on any atom is 0.343 e. The van der Waals surface area contributed by atoms with Crippen molar-refractivity contribution in [3.63, 3.8) is 0 Å². The van der Waals surface area contributed by atoms with Crippen molar-refractivity contribution in [2.24, 2.45) is 0 Å². The van der Waals surface area contributed by atoms with Gasteiger partial charge in [0.05, 0.1) is 14.2 Å². The number of hydrogen-bond donors (Lipinski definition) is 0.